The molecule has 2 N–H and O–H groups in total. The van der Waals surface area contributed by atoms with Crippen LogP contribution in [0.1, 0.15) is 22.8 Å². The van der Waals surface area contributed by atoms with Gasteiger partial charge in [0.15, 0.2) is 0 Å². The molecule has 2 aromatic carbocycles. The molecule has 2 aromatic rings. The molecule has 0 fully saturated rings. The molecule has 0 aliphatic heterocycles. The summed E-state index contributed by atoms with van der Waals surface area (Å²) in [6.45, 7) is 3.11. The minimum atomic E-state index is -0.0280. The zero-order valence-electron chi connectivity index (χ0n) is 11.3. The summed E-state index contributed by atoms with van der Waals surface area (Å²) in [5, 5.41) is 0.676. The summed E-state index contributed by atoms with van der Waals surface area (Å²) >= 11 is 5.97. The van der Waals surface area contributed by atoms with Gasteiger partial charge in [-0.2, -0.15) is 0 Å². The number of hydrogen-bond acceptors (Lipinski definition) is 2. The van der Waals surface area contributed by atoms with E-state index in [1.165, 1.54) is 0 Å². The van der Waals surface area contributed by atoms with Crippen LogP contribution in [0.15, 0.2) is 48.5 Å². The number of anilines is 1. The minimum Gasteiger partial charge on any atom is -0.399 e. The van der Waals surface area contributed by atoms with Crippen LogP contribution >= 0.6 is 11.6 Å². The van der Waals surface area contributed by atoms with Gasteiger partial charge < -0.3 is 10.6 Å². The summed E-state index contributed by atoms with van der Waals surface area (Å²) in [4.78, 5) is 14.2. The molecule has 0 atom stereocenters. The molecule has 2 rings (SSSR count). The Balaban J connectivity index is 2.18. The Morgan fingerprint density at radius 2 is 1.95 bits per heavy atom. The number of nitrogens with two attached hydrogens (primary N) is 1. The van der Waals surface area contributed by atoms with Gasteiger partial charge in [-0.25, -0.2) is 0 Å². The molecule has 0 radical (unpaired) electrons. The zero-order chi connectivity index (χ0) is 14.5. The number of carbonyl (C=O) groups is 1. The second-order valence-electron chi connectivity index (χ2n) is 4.57. The molecule has 1 amide bonds. The number of nitrogens with zero attached hydrogens (tertiary/aromatic N) is 1. The van der Waals surface area contributed by atoms with E-state index in [0.717, 1.165) is 5.56 Å². The Labute approximate surface area is 124 Å². The van der Waals surface area contributed by atoms with Gasteiger partial charge in [0.25, 0.3) is 5.91 Å². The largest absolute Gasteiger partial charge is 0.399 e. The van der Waals surface area contributed by atoms with Gasteiger partial charge in [-0.15, -0.1) is 0 Å². The molecule has 0 saturated carbocycles. The van der Waals surface area contributed by atoms with Gasteiger partial charge >= 0.3 is 0 Å². The number of benzene rings is 2. The number of carbonyl (C=O) groups excluding carboxylic acids is 1. The first-order valence-corrected chi connectivity index (χ1v) is 6.87. The fraction of sp³-hybridized carbons (Fsp3) is 0.188. The van der Waals surface area contributed by atoms with Crippen molar-refractivity contribution in [1.82, 2.24) is 4.90 Å². The van der Waals surface area contributed by atoms with Gasteiger partial charge in [-0.1, -0.05) is 29.8 Å². The van der Waals surface area contributed by atoms with Crippen LogP contribution < -0.4 is 5.73 Å². The lowest BCUT2D eigenvalue weighted by Crippen LogP contribution is -2.30. The van der Waals surface area contributed by atoms with Crippen molar-refractivity contribution in [2.75, 3.05) is 12.3 Å². The fourth-order valence-electron chi connectivity index (χ4n) is 2.04. The number of rotatable bonds is 4. The average molecular weight is 289 g/mol. The van der Waals surface area contributed by atoms with Crippen LogP contribution in [0, 0.1) is 0 Å². The van der Waals surface area contributed by atoms with Crippen molar-refractivity contribution in [1.29, 1.82) is 0 Å². The SMILES string of the molecule is CCN(Cc1cccc(Cl)c1)C(=O)c1cccc(N)c1. The monoisotopic (exact) mass is 288 g/mol. The number of hydrogen-bond donors (Lipinski definition) is 1. The van der Waals surface area contributed by atoms with Crippen molar-refractivity contribution in [3.05, 3.63) is 64.7 Å². The lowest BCUT2D eigenvalue weighted by molar-refractivity contribution is 0.0752. The topological polar surface area (TPSA) is 46.3 Å². The molecule has 4 heteroatoms. The molecule has 0 spiro atoms. The Morgan fingerprint density at radius 3 is 2.60 bits per heavy atom. The predicted molar refractivity (Wildman–Crippen MR) is 82.7 cm³/mol. The highest BCUT2D eigenvalue weighted by atomic mass is 35.5. The molecular weight excluding hydrogens is 272 g/mol. The molecule has 0 unspecified atom stereocenters. The van der Waals surface area contributed by atoms with E-state index in [4.69, 9.17) is 17.3 Å². The summed E-state index contributed by atoms with van der Waals surface area (Å²) in [6, 6.07) is 14.6. The van der Waals surface area contributed by atoms with Crippen molar-refractivity contribution in [3.63, 3.8) is 0 Å². The second-order valence-corrected chi connectivity index (χ2v) is 5.01. The van der Waals surface area contributed by atoms with Crippen molar-refractivity contribution in [3.8, 4) is 0 Å². The van der Waals surface area contributed by atoms with Crippen LogP contribution in [-0.4, -0.2) is 17.4 Å². The van der Waals surface area contributed by atoms with E-state index in [-0.39, 0.29) is 5.91 Å². The van der Waals surface area contributed by atoms with Crippen molar-refractivity contribution < 1.29 is 4.79 Å². The van der Waals surface area contributed by atoms with E-state index < -0.39 is 0 Å². The molecule has 0 bridgehead atoms. The van der Waals surface area contributed by atoms with E-state index >= 15 is 0 Å². The summed E-state index contributed by atoms with van der Waals surface area (Å²) < 4.78 is 0. The van der Waals surface area contributed by atoms with Crippen LogP contribution in [0.4, 0.5) is 5.69 Å². The van der Waals surface area contributed by atoms with E-state index in [1.54, 1.807) is 29.2 Å². The maximum atomic E-state index is 12.5. The lowest BCUT2D eigenvalue weighted by atomic mass is 10.1. The van der Waals surface area contributed by atoms with E-state index in [0.29, 0.717) is 29.4 Å². The first kappa shape index (κ1) is 14.4. The van der Waals surface area contributed by atoms with Gasteiger partial charge in [0.1, 0.15) is 0 Å². The third kappa shape index (κ3) is 3.52. The van der Waals surface area contributed by atoms with Crippen LogP contribution in [0.3, 0.4) is 0 Å². The van der Waals surface area contributed by atoms with Gasteiger partial charge in [-0.3, -0.25) is 4.79 Å². The highest BCUT2D eigenvalue weighted by Crippen LogP contribution is 2.15. The van der Waals surface area contributed by atoms with Crippen LogP contribution in [0.5, 0.6) is 0 Å². The van der Waals surface area contributed by atoms with Crippen LogP contribution in [-0.2, 0) is 6.54 Å². The Hall–Kier alpha value is -2.00. The molecule has 104 valence electrons. The lowest BCUT2D eigenvalue weighted by Gasteiger charge is -2.21. The highest BCUT2D eigenvalue weighted by molar-refractivity contribution is 6.30. The van der Waals surface area contributed by atoms with Crippen molar-refractivity contribution >= 4 is 23.2 Å². The third-order valence-corrected chi connectivity index (χ3v) is 3.30. The van der Waals surface area contributed by atoms with Crippen molar-refractivity contribution in [2.24, 2.45) is 0 Å². The first-order valence-electron chi connectivity index (χ1n) is 6.49. The average Bonchev–Trinajstić information content (AvgIpc) is 2.44. The standard InChI is InChI=1S/C16H17ClN2O/c1-2-19(11-12-5-3-7-14(17)9-12)16(20)13-6-4-8-15(18)10-13/h3-10H,2,11,18H2,1H3. The van der Waals surface area contributed by atoms with E-state index in [9.17, 15) is 4.79 Å². The molecule has 20 heavy (non-hydrogen) atoms. The molecule has 0 aromatic heterocycles. The normalized spacial score (nSPS) is 10.3. The quantitative estimate of drug-likeness (QED) is 0.874. The van der Waals surface area contributed by atoms with E-state index in [2.05, 4.69) is 0 Å². The smallest absolute Gasteiger partial charge is 0.254 e. The molecule has 0 heterocycles. The third-order valence-electron chi connectivity index (χ3n) is 3.06. The maximum Gasteiger partial charge on any atom is 0.254 e. The Morgan fingerprint density at radius 1 is 1.20 bits per heavy atom. The van der Waals surface area contributed by atoms with Gasteiger partial charge in [0.2, 0.25) is 0 Å². The van der Waals surface area contributed by atoms with Gasteiger partial charge in [0, 0.05) is 29.4 Å². The first-order chi connectivity index (χ1) is 9.60. The Kier molecular flexibility index (Phi) is 4.64. The summed E-state index contributed by atoms with van der Waals surface area (Å²) in [6.07, 6.45) is 0. The minimum absolute atomic E-state index is 0.0280. The zero-order valence-corrected chi connectivity index (χ0v) is 12.1. The summed E-state index contributed by atoms with van der Waals surface area (Å²) in [7, 11) is 0. The van der Waals surface area contributed by atoms with Crippen LogP contribution in [0.2, 0.25) is 5.02 Å². The molecular formula is C16H17ClN2O. The second kappa shape index (κ2) is 6.44. The van der Waals surface area contributed by atoms with Gasteiger partial charge in [-0.05, 0) is 42.8 Å². The molecule has 0 aliphatic carbocycles. The number of nitrogen functional groups attached to an aromatic ring is 1. The maximum absolute atomic E-state index is 12.5. The Bertz CT molecular complexity index is 613. The molecule has 3 nitrogen and oxygen atoms in total. The predicted octanol–water partition coefficient (Wildman–Crippen LogP) is 3.58. The highest BCUT2D eigenvalue weighted by Gasteiger charge is 2.14. The number of halogens is 1. The summed E-state index contributed by atoms with van der Waals surface area (Å²) in [5.74, 6) is -0.0280. The van der Waals surface area contributed by atoms with Crippen molar-refractivity contribution in [2.45, 2.75) is 13.5 Å². The summed E-state index contributed by atoms with van der Waals surface area (Å²) in [5.41, 5.74) is 7.93. The number of amides is 1. The van der Waals surface area contributed by atoms with Crippen LogP contribution in [0.25, 0.3) is 0 Å². The fourth-order valence-corrected chi connectivity index (χ4v) is 2.25. The molecule has 0 aliphatic rings. The van der Waals surface area contributed by atoms with Gasteiger partial charge in [0.05, 0.1) is 0 Å². The molecule has 0 saturated heterocycles. The van der Waals surface area contributed by atoms with E-state index in [1.807, 2.05) is 31.2 Å².